The van der Waals surface area contributed by atoms with Crippen LogP contribution >= 0.6 is 35.4 Å². The third-order valence-electron chi connectivity index (χ3n) is 2.72. The molecule has 8 heteroatoms. The number of benzene rings is 1. The molecule has 102 valence electrons. The first kappa shape index (κ1) is 13.2. The van der Waals surface area contributed by atoms with E-state index in [1.54, 1.807) is 30.3 Å². The maximum absolute atomic E-state index is 6.13. The van der Waals surface area contributed by atoms with Gasteiger partial charge in [0.15, 0.2) is 5.76 Å². The summed E-state index contributed by atoms with van der Waals surface area (Å²) in [5.41, 5.74) is 0.697. The van der Waals surface area contributed by atoms with Gasteiger partial charge in [0.05, 0.1) is 5.02 Å². The minimum atomic E-state index is 0.304. The van der Waals surface area contributed by atoms with E-state index in [1.165, 1.54) is 4.68 Å². The molecule has 2 heterocycles. The van der Waals surface area contributed by atoms with Crippen LogP contribution in [0.25, 0.3) is 22.9 Å². The average molecular weight is 327 g/mol. The number of aromatic nitrogens is 3. The Bertz CT molecular complexity index is 836. The molecule has 0 saturated heterocycles. The van der Waals surface area contributed by atoms with Gasteiger partial charge in [-0.25, -0.2) is 9.77 Å². The summed E-state index contributed by atoms with van der Waals surface area (Å²) >= 11 is 17.0. The summed E-state index contributed by atoms with van der Waals surface area (Å²) in [5, 5.41) is 7.71. The SMILES string of the molecule is Nn1c(-c2ccc(-c3cc(Cl)ccc3Cl)o2)n[nH]c1=S. The van der Waals surface area contributed by atoms with Crippen molar-refractivity contribution in [3.05, 3.63) is 45.1 Å². The number of aromatic amines is 1. The van der Waals surface area contributed by atoms with E-state index in [2.05, 4.69) is 10.2 Å². The van der Waals surface area contributed by atoms with Gasteiger partial charge in [0.2, 0.25) is 10.6 Å². The average Bonchev–Trinajstić information content (AvgIpc) is 3.01. The Labute approximate surface area is 128 Å². The van der Waals surface area contributed by atoms with Crippen molar-refractivity contribution in [2.75, 3.05) is 5.84 Å². The van der Waals surface area contributed by atoms with Gasteiger partial charge < -0.3 is 10.3 Å². The fourth-order valence-electron chi connectivity index (χ4n) is 1.77. The number of H-pyrrole nitrogens is 1. The molecule has 0 radical (unpaired) electrons. The third-order valence-corrected chi connectivity index (χ3v) is 3.58. The molecule has 3 N–H and O–H groups in total. The summed E-state index contributed by atoms with van der Waals surface area (Å²) in [6.07, 6.45) is 0. The number of hydrogen-bond acceptors (Lipinski definition) is 4. The third kappa shape index (κ3) is 2.22. The highest BCUT2D eigenvalue weighted by Crippen LogP contribution is 2.33. The molecule has 0 spiro atoms. The summed E-state index contributed by atoms with van der Waals surface area (Å²) in [4.78, 5) is 0. The highest BCUT2D eigenvalue weighted by molar-refractivity contribution is 7.71. The van der Waals surface area contributed by atoms with E-state index in [0.717, 1.165) is 0 Å². The number of nitrogens with one attached hydrogen (secondary N) is 1. The summed E-state index contributed by atoms with van der Waals surface area (Å²) in [6.45, 7) is 0. The highest BCUT2D eigenvalue weighted by Gasteiger charge is 2.14. The second-order valence-corrected chi connectivity index (χ2v) is 5.24. The van der Waals surface area contributed by atoms with E-state index in [4.69, 9.17) is 45.7 Å². The van der Waals surface area contributed by atoms with Crippen LogP contribution in [0.3, 0.4) is 0 Å². The molecule has 0 saturated carbocycles. The van der Waals surface area contributed by atoms with Crippen LogP contribution in [0.2, 0.25) is 10.0 Å². The fourth-order valence-corrected chi connectivity index (χ4v) is 2.28. The lowest BCUT2D eigenvalue weighted by atomic mass is 10.2. The van der Waals surface area contributed by atoms with Crippen LogP contribution in [-0.4, -0.2) is 14.9 Å². The lowest BCUT2D eigenvalue weighted by Gasteiger charge is -2.01. The number of halogens is 2. The van der Waals surface area contributed by atoms with E-state index < -0.39 is 0 Å². The molecule has 2 aromatic heterocycles. The molecule has 0 bridgehead atoms. The van der Waals surface area contributed by atoms with Crippen molar-refractivity contribution in [2.24, 2.45) is 0 Å². The van der Waals surface area contributed by atoms with Gasteiger partial charge in [0, 0.05) is 10.6 Å². The van der Waals surface area contributed by atoms with Crippen LogP contribution in [0.4, 0.5) is 0 Å². The number of hydrogen-bond donors (Lipinski definition) is 2. The van der Waals surface area contributed by atoms with Crippen LogP contribution in [0.15, 0.2) is 34.7 Å². The molecule has 3 aromatic rings. The first-order valence-electron chi connectivity index (χ1n) is 5.54. The van der Waals surface area contributed by atoms with Gasteiger partial charge in [-0.2, -0.15) is 0 Å². The Morgan fingerprint density at radius 3 is 2.65 bits per heavy atom. The predicted octanol–water partition coefficient (Wildman–Crippen LogP) is 3.89. The van der Waals surface area contributed by atoms with Crippen molar-refractivity contribution < 1.29 is 4.42 Å². The second kappa shape index (κ2) is 4.97. The quantitative estimate of drug-likeness (QED) is 0.553. The summed E-state index contributed by atoms with van der Waals surface area (Å²) in [6, 6.07) is 8.65. The molecule has 0 aliphatic heterocycles. The Morgan fingerprint density at radius 2 is 1.95 bits per heavy atom. The number of nitrogens with two attached hydrogens (primary N) is 1. The molecule has 3 rings (SSSR count). The summed E-state index contributed by atoms with van der Waals surface area (Å²) in [7, 11) is 0. The summed E-state index contributed by atoms with van der Waals surface area (Å²) < 4.78 is 7.25. The zero-order valence-electron chi connectivity index (χ0n) is 9.93. The molecule has 1 aromatic carbocycles. The van der Waals surface area contributed by atoms with Gasteiger partial charge in [0.1, 0.15) is 5.76 Å². The minimum absolute atomic E-state index is 0.304. The Hall–Kier alpha value is -1.76. The standard InChI is InChI=1S/C12H8Cl2N4OS/c13-6-1-2-8(14)7(5-6)9-3-4-10(19-9)11-16-17-12(20)18(11)15/h1-5H,15H2,(H,17,20). The largest absolute Gasteiger partial charge is 0.453 e. The van der Waals surface area contributed by atoms with Crippen LogP contribution in [0.1, 0.15) is 0 Å². The normalized spacial score (nSPS) is 10.9. The lowest BCUT2D eigenvalue weighted by Crippen LogP contribution is -2.09. The lowest BCUT2D eigenvalue weighted by molar-refractivity contribution is 0.589. The molecule has 0 amide bonds. The fraction of sp³-hybridized carbons (Fsp3) is 0. The van der Waals surface area contributed by atoms with Crippen LogP contribution < -0.4 is 5.84 Å². The van der Waals surface area contributed by atoms with Gasteiger partial charge in [-0.3, -0.25) is 0 Å². The van der Waals surface area contributed by atoms with Crippen LogP contribution in [0.5, 0.6) is 0 Å². The Balaban J connectivity index is 2.08. The second-order valence-electron chi connectivity index (χ2n) is 4.01. The molecule has 5 nitrogen and oxygen atoms in total. The minimum Gasteiger partial charge on any atom is -0.453 e. The number of rotatable bonds is 2. The number of nitrogens with zero attached hydrogens (tertiary/aromatic N) is 2. The Morgan fingerprint density at radius 1 is 1.20 bits per heavy atom. The van der Waals surface area contributed by atoms with Crippen molar-refractivity contribution in [3.63, 3.8) is 0 Å². The first-order valence-corrected chi connectivity index (χ1v) is 6.71. The molecular formula is C12H8Cl2N4OS. The molecule has 20 heavy (non-hydrogen) atoms. The maximum Gasteiger partial charge on any atom is 0.216 e. The first-order chi connectivity index (χ1) is 9.56. The van der Waals surface area contributed by atoms with Gasteiger partial charge in [0.25, 0.3) is 0 Å². The maximum atomic E-state index is 6.13. The summed E-state index contributed by atoms with van der Waals surface area (Å²) in [5.74, 6) is 7.20. The molecule has 0 fully saturated rings. The Kier molecular flexibility index (Phi) is 3.29. The van der Waals surface area contributed by atoms with Crippen LogP contribution in [-0.2, 0) is 0 Å². The topological polar surface area (TPSA) is 72.8 Å². The zero-order valence-corrected chi connectivity index (χ0v) is 12.3. The monoisotopic (exact) mass is 326 g/mol. The zero-order chi connectivity index (χ0) is 14.3. The number of nitrogen functional groups attached to an aromatic ring is 1. The van der Waals surface area contributed by atoms with Gasteiger partial charge >= 0.3 is 0 Å². The molecule has 0 aliphatic carbocycles. The van der Waals surface area contributed by atoms with Crippen molar-refractivity contribution >= 4 is 35.4 Å². The molecular weight excluding hydrogens is 319 g/mol. The predicted molar refractivity (Wildman–Crippen MR) is 80.7 cm³/mol. The van der Waals surface area contributed by atoms with E-state index in [-0.39, 0.29) is 0 Å². The highest BCUT2D eigenvalue weighted by atomic mass is 35.5. The van der Waals surface area contributed by atoms with E-state index in [9.17, 15) is 0 Å². The smallest absolute Gasteiger partial charge is 0.216 e. The van der Waals surface area contributed by atoms with E-state index in [0.29, 0.717) is 37.7 Å². The molecule has 0 atom stereocenters. The number of furan rings is 1. The van der Waals surface area contributed by atoms with Crippen LogP contribution in [0, 0.1) is 4.77 Å². The van der Waals surface area contributed by atoms with Gasteiger partial charge in [-0.1, -0.05) is 23.2 Å². The van der Waals surface area contributed by atoms with Crippen molar-refractivity contribution in [1.29, 1.82) is 0 Å². The van der Waals surface area contributed by atoms with Gasteiger partial charge in [-0.05, 0) is 42.5 Å². The molecule has 0 unspecified atom stereocenters. The van der Waals surface area contributed by atoms with Gasteiger partial charge in [-0.15, -0.1) is 5.10 Å². The molecule has 0 aliphatic rings. The van der Waals surface area contributed by atoms with E-state index in [1.807, 2.05) is 0 Å². The van der Waals surface area contributed by atoms with Crippen molar-refractivity contribution in [2.45, 2.75) is 0 Å². The van der Waals surface area contributed by atoms with Crippen molar-refractivity contribution in [3.8, 4) is 22.9 Å². The van der Waals surface area contributed by atoms with Crippen molar-refractivity contribution in [1.82, 2.24) is 14.9 Å². The van der Waals surface area contributed by atoms with E-state index >= 15 is 0 Å².